The van der Waals surface area contributed by atoms with Gasteiger partial charge < -0.3 is 9.47 Å². The lowest BCUT2D eigenvalue weighted by atomic mass is 10.0. The molecule has 1 aromatic carbocycles. The van der Waals surface area contributed by atoms with Crippen LogP contribution in [0.5, 0.6) is 11.8 Å². The molecule has 0 spiro atoms. The summed E-state index contributed by atoms with van der Waals surface area (Å²) < 4.78 is 10.4. The van der Waals surface area contributed by atoms with Gasteiger partial charge in [-0.3, -0.25) is 0 Å². The van der Waals surface area contributed by atoms with Crippen molar-refractivity contribution in [2.75, 3.05) is 14.2 Å². The number of hydrogen-bond donors (Lipinski definition) is 0. The molecule has 0 amide bonds. The van der Waals surface area contributed by atoms with Gasteiger partial charge in [0.15, 0.2) is 0 Å². The van der Waals surface area contributed by atoms with E-state index in [1.165, 1.54) is 11.1 Å². The number of hydrogen-bond acceptors (Lipinski definition) is 4. The first-order valence-electron chi connectivity index (χ1n) is 5.68. The van der Waals surface area contributed by atoms with Crippen LogP contribution in [0.25, 0.3) is 11.3 Å². The van der Waals surface area contributed by atoms with Crippen molar-refractivity contribution >= 4 is 0 Å². The lowest BCUT2D eigenvalue weighted by Crippen LogP contribution is -1.96. The highest BCUT2D eigenvalue weighted by molar-refractivity contribution is 5.69. The molecular formula is C14H16N2O2. The average Bonchev–Trinajstić information content (AvgIpc) is 2.41. The fourth-order valence-corrected chi connectivity index (χ4v) is 1.75. The summed E-state index contributed by atoms with van der Waals surface area (Å²) in [5, 5.41) is 0. The molecule has 4 heteroatoms. The molecule has 2 rings (SSSR count). The Morgan fingerprint density at radius 1 is 1.00 bits per heavy atom. The standard InChI is InChI=1S/C14H16N2O2/c1-9-7-11(13(17-3)8-10(9)2)12-5-6-15-14(16-12)18-4/h5-8H,1-4H3. The molecule has 2 aromatic rings. The summed E-state index contributed by atoms with van der Waals surface area (Å²) in [5.41, 5.74) is 4.13. The number of ether oxygens (including phenoxy) is 2. The van der Waals surface area contributed by atoms with Crippen molar-refractivity contribution in [1.29, 1.82) is 0 Å². The number of aromatic nitrogens is 2. The third kappa shape index (κ3) is 2.27. The van der Waals surface area contributed by atoms with Crippen LogP contribution >= 0.6 is 0 Å². The van der Waals surface area contributed by atoms with Crippen LogP contribution in [0.2, 0.25) is 0 Å². The summed E-state index contributed by atoms with van der Waals surface area (Å²) >= 11 is 0. The zero-order valence-electron chi connectivity index (χ0n) is 11.0. The third-order valence-electron chi connectivity index (χ3n) is 2.91. The first-order chi connectivity index (χ1) is 8.65. The molecule has 0 fully saturated rings. The Hall–Kier alpha value is -2.10. The first-order valence-corrected chi connectivity index (χ1v) is 5.68. The van der Waals surface area contributed by atoms with Crippen LogP contribution < -0.4 is 9.47 Å². The van der Waals surface area contributed by atoms with E-state index in [2.05, 4.69) is 29.9 Å². The van der Waals surface area contributed by atoms with Crippen molar-refractivity contribution in [3.8, 4) is 23.0 Å². The van der Waals surface area contributed by atoms with Gasteiger partial charge in [-0.15, -0.1) is 0 Å². The molecular weight excluding hydrogens is 228 g/mol. The number of nitrogens with zero attached hydrogens (tertiary/aromatic N) is 2. The van der Waals surface area contributed by atoms with Gasteiger partial charge in [-0.25, -0.2) is 4.98 Å². The molecule has 0 unspecified atom stereocenters. The second-order valence-corrected chi connectivity index (χ2v) is 4.07. The first kappa shape index (κ1) is 12.4. The topological polar surface area (TPSA) is 44.2 Å². The molecule has 1 heterocycles. The Labute approximate surface area is 107 Å². The molecule has 0 aliphatic carbocycles. The average molecular weight is 244 g/mol. The molecule has 0 radical (unpaired) electrons. The molecule has 0 aliphatic rings. The van der Waals surface area contributed by atoms with Crippen molar-refractivity contribution in [3.05, 3.63) is 35.5 Å². The van der Waals surface area contributed by atoms with Crippen molar-refractivity contribution < 1.29 is 9.47 Å². The molecule has 0 saturated heterocycles. The van der Waals surface area contributed by atoms with E-state index in [0.717, 1.165) is 17.0 Å². The maximum Gasteiger partial charge on any atom is 0.316 e. The van der Waals surface area contributed by atoms with Crippen molar-refractivity contribution in [1.82, 2.24) is 9.97 Å². The van der Waals surface area contributed by atoms with Gasteiger partial charge in [-0.2, -0.15) is 4.98 Å². The van der Waals surface area contributed by atoms with Gasteiger partial charge in [-0.1, -0.05) is 0 Å². The highest BCUT2D eigenvalue weighted by Crippen LogP contribution is 2.31. The van der Waals surface area contributed by atoms with E-state index in [1.807, 2.05) is 12.1 Å². The fourth-order valence-electron chi connectivity index (χ4n) is 1.75. The summed E-state index contributed by atoms with van der Waals surface area (Å²) in [6, 6.07) is 6.28. The van der Waals surface area contributed by atoms with Gasteiger partial charge in [0.2, 0.25) is 0 Å². The van der Waals surface area contributed by atoms with Crippen LogP contribution in [0.1, 0.15) is 11.1 Å². The minimum absolute atomic E-state index is 0.354. The predicted octanol–water partition coefficient (Wildman–Crippen LogP) is 2.78. The van der Waals surface area contributed by atoms with Crippen LogP contribution in [-0.2, 0) is 0 Å². The normalized spacial score (nSPS) is 10.2. The molecule has 0 atom stereocenters. The van der Waals surface area contributed by atoms with E-state index in [0.29, 0.717) is 6.01 Å². The number of benzene rings is 1. The molecule has 1 aromatic heterocycles. The maximum absolute atomic E-state index is 5.41. The molecule has 0 saturated carbocycles. The fraction of sp³-hybridized carbons (Fsp3) is 0.286. The molecule has 18 heavy (non-hydrogen) atoms. The monoisotopic (exact) mass is 244 g/mol. The smallest absolute Gasteiger partial charge is 0.316 e. The van der Waals surface area contributed by atoms with E-state index in [-0.39, 0.29) is 0 Å². The van der Waals surface area contributed by atoms with Gasteiger partial charge in [-0.05, 0) is 43.2 Å². The second-order valence-electron chi connectivity index (χ2n) is 4.07. The van der Waals surface area contributed by atoms with Crippen LogP contribution in [0.15, 0.2) is 24.4 Å². The number of rotatable bonds is 3. The van der Waals surface area contributed by atoms with Gasteiger partial charge in [0.05, 0.1) is 19.9 Å². The second kappa shape index (κ2) is 5.04. The Morgan fingerprint density at radius 2 is 1.72 bits per heavy atom. The summed E-state index contributed by atoms with van der Waals surface area (Å²) in [5.74, 6) is 0.804. The van der Waals surface area contributed by atoms with Crippen molar-refractivity contribution in [2.24, 2.45) is 0 Å². The summed E-state index contributed by atoms with van der Waals surface area (Å²) in [4.78, 5) is 8.33. The summed E-state index contributed by atoms with van der Waals surface area (Å²) in [7, 11) is 3.21. The Balaban J connectivity index is 2.58. The van der Waals surface area contributed by atoms with E-state index < -0.39 is 0 Å². The zero-order chi connectivity index (χ0) is 13.1. The van der Waals surface area contributed by atoms with Crippen molar-refractivity contribution in [2.45, 2.75) is 13.8 Å². The van der Waals surface area contributed by atoms with E-state index in [9.17, 15) is 0 Å². The van der Waals surface area contributed by atoms with Crippen LogP contribution in [-0.4, -0.2) is 24.2 Å². The van der Waals surface area contributed by atoms with Gasteiger partial charge in [0.25, 0.3) is 0 Å². The van der Waals surface area contributed by atoms with Crippen LogP contribution in [0, 0.1) is 13.8 Å². The van der Waals surface area contributed by atoms with E-state index in [1.54, 1.807) is 20.4 Å². The largest absolute Gasteiger partial charge is 0.496 e. The minimum Gasteiger partial charge on any atom is -0.496 e. The number of aryl methyl sites for hydroxylation is 2. The van der Waals surface area contributed by atoms with E-state index in [4.69, 9.17) is 9.47 Å². The Bertz CT molecular complexity index is 568. The Morgan fingerprint density at radius 3 is 2.39 bits per heavy atom. The third-order valence-corrected chi connectivity index (χ3v) is 2.91. The van der Waals surface area contributed by atoms with E-state index >= 15 is 0 Å². The molecule has 94 valence electrons. The number of methoxy groups -OCH3 is 2. The summed E-state index contributed by atoms with van der Waals surface area (Å²) in [6.45, 7) is 4.12. The lowest BCUT2D eigenvalue weighted by Gasteiger charge is -2.11. The zero-order valence-corrected chi connectivity index (χ0v) is 11.0. The van der Waals surface area contributed by atoms with Gasteiger partial charge in [0.1, 0.15) is 5.75 Å². The predicted molar refractivity (Wildman–Crippen MR) is 70.0 cm³/mol. The van der Waals surface area contributed by atoms with Crippen LogP contribution in [0.4, 0.5) is 0 Å². The summed E-state index contributed by atoms with van der Waals surface area (Å²) in [6.07, 6.45) is 1.68. The maximum atomic E-state index is 5.41. The van der Waals surface area contributed by atoms with Gasteiger partial charge >= 0.3 is 6.01 Å². The highest BCUT2D eigenvalue weighted by Gasteiger charge is 2.10. The molecule has 0 bridgehead atoms. The highest BCUT2D eigenvalue weighted by atomic mass is 16.5. The molecule has 0 N–H and O–H groups in total. The quantitative estimate of drug-likeness (QED) is 0.832. The molecule has 0 aliphatic heterocycles. The lowest BCUT2D eigenvalue weighted by molar-refractivity contribution is 0.380. The molecule has 4 nitrogen and oxygen atoms in total. The van der Waals surface area contributed by atoms with Crippen LogP contribution in [0.3, 0.4) is 0 Å². The minimum atomic E-state index is 0.354. The SMILES string of the molecule is COc1nccc(-c2cc(C)c(C)cc2OC)n1. The Kier molecular flexibility index (Phi) is 3.46. The van der Waals surface area contributed by atoms with Gasteiger partial charge in [0, 0.05) is 11.8 Å². The van der Waals surface area contributed by atoms with Crippen molar-refractivity contribution in [3.63, 3.8) is 0 Å².